The summed E-state index contributed by atoms with van der Waals surface area (Å²) in [6.07, 6.45) is 5.51. The van der Waals surface area contributed by atoms with Crippen LogP contribution in [-0.2, 0) is 19.6 Å². The van der Waals surface area contributed by atoms with Crippen molar-refractivity contribution in [2.45, 2.75) is 11.8 Å². The third-order valence-electron chi connectivity index (χ3n) is 6.82. The van der Waals surface area contributed by atoms with E-state index in [2.05, 4.69) is 14.9 Å². The number of aromatic amines is 1. The standard InChI is InChI=1S/C29H24F3N5O5S/c1-17(38)2-5-27(39)37-10-8-36(9-11-37)26-6-7-33-24-4-3-18(12-21(24)26)19-13-25(29(40)34-16-19)35-43(41,42)28-22(31)14-20(30)15-23(28)32/h2-7,12-16,35H,8-11H2,1H3,(H,34,40)/b5-2+. The Balaban J connectivity index is 1.43. The van der Waals surface area contributed by atoms with Crippen molar-refractivity contribution in [1.82, 2.24) is 14.9 Å². The number of allylic oxidation sites excluding steroid dienone is 1. The Hall–Kier alpha value is -4.98. The third-order valence-corrected chi connectivity index (χ3v) is 8.24. The normalized spacial score (nSPS) is 14.0. The Morgan fingerprint density at radius 2 is 1.65 bits per heavy atom. The lowest BCUT2D eigenvalue weighted by Gasteiger charge is -2.36. The van der Waals surface area contributed by atoms with Gasteiger partial charge in [-0.1, -0.05) is 6.07 Å². The molecule has 43 heavy (non-hydrogen) atoms. The van der Waals surface area contributed by atoms with Gasteiger partial charge in [0.1, 0.15) is 23.1 Å². The largest absolute Gasteiger partial charge is 0.367 e. The molecule has 1 amide bonds. The molecule has 4 aromatic rings. The molecule has 1 aliphatic rings. The number of aromatic nitrogens is 2. The van der Waals surface area contributed by atoms with Crippen molar-refractivity contribution < 1.29 is 31.2 Å². The number of halogens is 3. The molecule has 222 valence electrons. The lowest BCUT2D eigenvalue weighted by atomic mass is 10.0. The Morgan fingerprint density at radius 3 is 2.33 bits per heavy atom. The van der Waals surface area contributed by atoms with Crippen LogP contribution in [0.5, 0.6) is 0 Å². The van der Waals surface area contributed by atoms with E-state index in [1.165, 1.54) is 31.3 Å². The van der Waals surface area contributed by atoms with Gasteiger partial charge in [-0.15, -0.1) is 0 Å². The van der Waals surface area contributed by atoms with Crippen molar-refractivity contribution >= 4 is 44.0 Å². The van der Waals surface area contributed by atoms with Crippen LogP contribution < -0.4 is 15.2 Å². The summed E-state index contributed by atoms with van der Waals surface area (Å²) in [5.41, 5.74) is 1.07. The van der Waals surface area contributed by atoms with Gasteiger partial charge in [-0.25, -0.2) is 21.6 Å². The molecule has 3 heterocycles. The van der Waals surface area contributed by atoms with Gasteiger partial charge in [-0.05, 0) is 42.8 Å². The molecule has 1 fully saturated rings. The number of hydrogen-bond acceptors (Lipinski definition) is 7. The van der Waals surface area contributed by atoms with Crippen LogP contribution in [0.25, 0.3) is 22.0 Å². The molecule has 0 aliphatic carbocycles. The van der Waals surface area contributed by atoms with Gasteiger partial charge in [0.25, 0.3) is 15.6 Å². The fraction of sp³-hybridized carbons (Fsp3) is 0.172. The van der Waals surface area contributed by atoms with E-state index in [-0.39, 0.29) is 23.8 Å². The summed E-state index contributed by atoms with van der Waals surface area (Å²) in [5, 5.41) is 0.750. The number of anilines is 2. The number of benzene rings is 2. The highest BCUT2D eigenvalue weighted by atomic mass is 32.2. The van der Waals surface area contributed by atoms with E-state index < -0.39 is 43.6 Å². The molecule has 0 saturated carbocycles. The number of hydrogen-bond donors (Lipinski definition) is 2. The average molecular weight is 612 g/mol. The zero-order valence-corrected chi connectivity index (χ0v) is 23.4. The number of ketones is 1. The highest BCUT2D eigenvalue weighted by molar-refractivity contribution is 7.92. The maximum Gasteiger partial charge on any atom is 0.272 e. The summed E-state index contributed by atoms with van der Waals surface area (Å²) >= 11 is 0. The Morgan fingerprint density at radius 1 is 0.953 bits per heavy atom. The second-order valence-electron chi connectivity index (χ2n) is 9.75. The van der Waals surface area contributed by atoms with Crippen LogP contribution in [0, 0.1) is 17.5 Å². The van der Waals surface area contributed by atoms with Crippen LogP contribution in [0.4, 0.5) is 24.5 Å². The number of fused-ring (bicyclic) bond motifs is 1. The average Bonchev–Trinajstić information content (AvgIpc) is 2.95. The van der Waals surface area contributed by atoms with E-state index >= 15 is 0 Å². The number of nitrogens with one attached hydrogen (secondary N) is 2. The first-order chi connectivity index (χ1) is 20.4. The molecule has 10 nitrogen and oxygen atoms in total. The SMILES string of the molecule is CC(=O)/C=C/C(=O)N1CCN(c2ccnc3ccc(-c4c[nH]c(=O)c(NS(=O)(=O)c5c(F)cc(F)cc5F)c4)cc23)CC1. The molecule has 0 atom stereocenters. The van der Waals surface area contributed by atoms with E-state index in [9.17, 15) is 36.0 Å². The molecular formula is C29H24F3N5O5S. The van der Waals surface area contributed by atoms with Gasteiger partial charge in [0.15, 0.2) is 10.7 Å². The number of carbonyl (C=O) groups is 2. The fourth-order valence-corrected chi connectivity index (χ4v) is 5.93. The fourth-order valence-electron chi connectivity index (χ4n) is 4.76. The van der Waals surface area contributed by atoms with Gasteiger partial charge >= 0.3 is 0 Å². The van der Waals surface area contributed by atoms with Crippen molar-refractivity contribution in [3.63, 3.8) is 0 Å². The first-order valence-electron chi connectivity index (χ1n) is 12.9. The molecule has 5 rings (SSSR count). The lowest BCUT2D eigenvalue weighted by molar-refractivity contribution is -0.126. The van der Waals surface area contributed by atoms with Crippen molar-refractivity contribution in [1.29, 1.82) is 0 Å². The highest BCUT2D eigenvalue weighted by Gasteiger charge is 2.27. The number of pyridine rings is 2. The van der Waals surface area contributed by atoms with Crippen LogP contribution in [-0.4, -0.2) is 61.2 Å². The molecule has 14 heteroatoms. The van der Waals surface area contributed by atoms with E-state index in [0.29, 0.717) is 42.8 Å². The summed E-state index contributed by atoms with van der Waals surface area (Å²) in [5.74, 6) is -5.05. The Bertz CT molecular complexity index is 1930. The minimum absolute atomic E-state index is 0.214. The van der Waals surface area contributed by atoms with Crippen molar-refractivity contribution in [2.75, 3.05) is 35.8 Å². The number of rotatable bonds is 7. The summed E-state index contributed by atoms with van der Waals surface area (Å²) in [7, 11) is -4.94. The van der Waals surface area contributed by atoms with Gasteiger partial charge in [0, 0.05) is 73.4 Å². The Kier molecular flexibility index (Phi) is 8.04. The number of sulfonamides is 1. The van der Waals surface area contributed by atoms with Crippen LogP contribution in [0.15, 0.2) is 76.7 Å². The molecular weight excluding hydrogens is 587 g/mol. The van der Waals surface area contributed by atoms with E-state index in [4.69, 9.17) is 0 Å². The first kappa shape index (κ1) is 29.5. The number of piperazine rings is 1. The second-order valence-corrected chi connectivity index (χ2v) is 11.4. The predicted octanol–water partition coefficient (Wildman–Crippen LogP) is 3.60. The monoisotopic (exact) mass is 611 g/mol. The molecule has 0 bridgehead atoms. The third kappa shape index (κ3) is 6.28. The zero-order chi connectivity index (χ0) is 30.9. The number of nitrogens with zero attached hydrogens (tertiary/aromatic N) is 3. The summed E-state index contributed by atoms with van der Waals surface area (Å²) < 4.78 is 69.1. The quantitative estimate of drug-likeness (QED) is 0.305. The van der Waals surface area contributed by atoms with Gasteiger partial charge < -0.3 is 14.8 Å². The molecule has 0 spiro atoms. The van der Waals surface area contributed by atoms with Crippen LogP contribution in [0.2, 0.25) is 0 Å². The van der Waals surface area contributed by atoms with Gasteiger partial charge in [0.2, 0.25) is 5.91 Å². The molecule has 2 aromatic carbocycles. The summed E-state index contributed by atoms with van der Waals surface area (Å²) in [4.78, 5) is 45.1. The van der Waals surface area contributed by atoms with Crippen molar-refractivity contribution in [2.24, 2.45) is 0 Å². The minimum Gasteiger partial charge on any atom is -0.367 e. The number of amides is 1. The minimum atomic E-state index is -4.94. The second kappa shape index (κ2) is 11.7. The van der Waals surface area contributed by atoms with E-state index in [0.717, 1.165) is 11.1 Å². The highest BCUT2D eigenvalue weighted by Crippen LogP contribution is 2.31. The van der Waals surface area contributed by atoms with Crippen molar-refractivity contribution in [3.8, 4) is 11.1 Å². The van der Waals surface area contributed by atoms with E-state index in [1.807, 2.05) is 10.8 Å². The predicted molar refractivity (Wildman–Crippen MR) is 154 cm³/mol. The van der Waals surface area contributed by atoms with Gasteiger partial charge in [0.05, 0.1) is 5.52 Å². The van der Waals surface area contributed by atoms with Crippen LogP contribution in [0.3, 0.4) is 0 Å². The smallest absolute Gasteiger partial charge is 0.272 e. The molecule has 0 radical (unpaired) electrons. The van der Waals surface area contributed by atoms with Gasteiger partial charge in [-0.3, -0.25) is 24.1 Å². The first-order valence-corrected chi connectivity index (χ1v) is 14.4. The summed E-state index contributed by atoms with van der Waals surface area (Å²) in [6, 6.07) is 8.76. The zero-order valence-electron chi connectivity index (χ0n) is 22.6. The molecule has 2 aromatic heterocycles. The molecule has 1 saturated heterocycles. The topological polar surface area (TPSA) is 133 Å². The molecule has 0 unspecified atom stereocenters. The summed E-state index contributed by atoms with van der Waals surface area (Å²) in [6.45, 7) is 3.27. The number of carbonyl (C=O) groups excluding carboxylic acids is 2. The molecule has 1 aliphatic heterocycles. The Labute approximate surface area is 243 Å². The van der Waals surface area contributed by atoms with Crippen LogP contribution in [0.1, 0.15) is 6.92 Å². The maximum atomic E-state index is 14.2. The lowest BCUT2D eigenvalue weighted by Crippen LogP contribution is -2.48. The van der Waals surface area contributed by atoms with Crippen LogP contribution >= 0.6 is 0 Å². The van der Waals surface area contributed by atoms with Gasteiger partial charge in [-0.2, -0.15) is 0 Å². The van der Waals surface area contributed by atoms with Crippen molar-refractivity contribution in [3.05, 3.63) is 94.8 Å². The molecule has 2 N–H and O–H groups in total. The van der Waals surface area contributed by atoms with E-state index in [1.54, 1.807) is 29.3 Å². The number of H-pyrrole nitrogens is 1. The maximum absolute atomic E-state index is 14.2.